The van der Waals surface area contributed by atoms with E-state index in [1.54, 1.807) is 24.3 Å². The quantitative estimate of drug-likeness (QED) is 0.130. The number of halogens is 3. The van der Waals surface area contributed by atoms with E-state index in [1.807, 2.05) is 19.1 Å². The molecule has 288 valence electrons. The molecule has 13 heteroatoms. The van der Waals surface area contributed by atoms with Crippen LogP contribution in [0.3, 0.4) is 0 Å². The lowest BCUT2D eigenvalue weighted by Gasteiger charge is -2.19. The Balaban J connectivity index is 1.76. The Bertz CT molecular complexity index is 3530. The van der Waals surface area contributed by atoms with Gasteiger partial charge in [-0.15, -0.1) is 0 Å². The molecule has 0 saturated carbocycles. The molecular weight excluding hydrogens is 798 g/mol. The van der Waals surface area contributed by atoms with Gasteiger partial charge in [-0.2, -0.15) is 44.7 Å². The van der Waals surface area contributed by atoms with Crippen LogP contribution in [0.4, 0.5) is 24.5 Å². The van der Waals surface area contributed by atoms with Crippen molar-refractivity contribution < 1.29 is 13.2 Å². The summed E-state index contributed by atoms with van der Waals surface area (Å²) in [5.41, 5.74) is -2.36. The van der Waals surface area contributed by atoms with Crippen molar-refractivity contribution in [2.24, 2.45) is 0 Å². The van der Waals surface area contributed by atoms with Gasteiger partial charge in [0.1, 0.15) is 30.3 Å². The van der Waals surface area contributed by atoms with E-state index in [0.717, 1.165) is 29.8 Å². The first-order valence-electron chi connectivity index (χ1n) is 18.1. The molecule has 10 nitrogen and oxygen atoms in total. The maximum Gasteiger partial charge on any atom is 0.416 e. The van der Waals surface area contributed by atoms with Gasteiger partial charge >= 0.3 is 6.18 Å². The zero-order valence-corrected chi connectivity index (χ0v) is 32.2. The fraction of sp³-hybridized carbons (Fsp3) is 0.0400. The first-order chi connectivity index (χ1) is 30.4. The standard InChI is InChI=1S/C50H17F3N10/c1-26-6-8-28(9-7-26)41-43(34(22-56)29-14-17-38(60-2)39(19-29)61-3)45-37(25-59)44-42(36(24-58)46(45)49(41)63-5)35(23-57)40(27-12-15-33(16-13-27)50(51,52)53)47(44)48(62-4)30-10-11-31(20-54)32(18-30)21-55/h6-19H,1H3/b43-34+,48-47-. The minimum Gasteiger partial charge on any atom is -0.250 e. The van der Waals surface area contributed by atoms with Crippen LogP contribution in [0.25, 0.3) is 64.2 Å². The lowest BCUT2D eigenvalue weighted by molar-refractivity contribution is -0.137. The van der Waals surface area contributed by atoms with E-state index in [4.69, 9.17) is 26.3 Å². The van der Waals surface area contributed by atoms with Crippen LogP contribution in [0.5, 0.6) is 0 Å². The van der Waals surface area contributed by atoms with E-state index < -0.39 is 11.7 Å². The van der Waals surface area contributed by atoms with E-state index in [-0.39, 0.29) is 117 Å². The van der Waals surface area contributed by atoms with E-state index in [9.17, 15) is 44.7 Å². The van der Waals surface area contributed by atoms with Crippen molar-refractivity contribution in [1.29, 1.82) is 31.6 Å². The third kappa shape index (κ3) is 6.37. The van der Waals surface area contributed by atoms with Crippen LogP contribution in [0.1, 0.15) is 77.9 Å². The highest BCUT2D eigenvalue weighted by atomic mass is 19.4. The Morgan fingerprint density at radius 2 is 1.14 bits per heavy atom. The number of hydrogen-bond acceptors (Lipinski definition) is 6. The van der Waals surface area contributed by atoms with E-state index >= 15 is 0 Å². The summed E-state index contributed by atoms with van der Waals surface area (Å²) >= 11 is 0. The summed E-state index contributed by atoms with van der Waals surface area (Å²) in [5.74, 6) is 0. The molecule has 0 N–H and O–H groups in total. The zero-order chi connectivity index (χ0) is 45.3. The first-order valence-corrected chi connectivity index (χ1v) is 18.1. The van der Waals surface area contributed by atoms with Crippen LogP contribution < -0.4 is 0 Å². The van der Waals surface area contributed by atoms with Crippen LogP contribution >= 0.6 is 0 Å². The molecule has 0 amide bonds. The van der Waals surface area contributed by atoms with Crippen molar-refractivity contribution in [3.05, 3.63) is 208 Å². The van der Waals surface area contributed by atoms with Crippen LogP contribution in [0.15, 0.2) is 84.9 Å². The fourth-order valence-corrected chi connectivity index (χ4v) is 7.80. The molecule has 2 aliphatic rings. The van der Waals surface area contributed by atoms with Gasteiger partial charge in [0, 0.05) is 16.7 Å². The van der Waals surface area contributed by atoms with Crippen molar-refractivity contribution in [1.82, 2.24) is 0 Å². The third-order valence-corrected chi connectivity index (χ3v) is 10.5. The average molecular weight is 815 g/mol. The Hall–Kier alpha value is -10.3. The second-order valence-electron chi connectivity index (χ2n) is 13.7. The minimum absolute atomic E-state index is 0.00368. The summed E-state index contributed by atoms with van der Waals surface area (Å²) in [6.07, 6.45) is -4.76. The smallest absolute Gasteiger partial charge is 0.250 e. The number of allylic oxidation sites excluding steroid dienone is 6. The van der Waals surface area contributed by atoms with Gasteiger partial charge in [0.2, 0.25) is 11.4 Å². The van der Waals surface area contributed by atoms with Gasteiger partial charge in [0.15, 0.2) is 11.4 Å². The predicted octanol–water partition coefficient (Wildman–Crippen LogP) is 12.1. The number of hydrogen-bond donors (Lipinski definition) is 0. The number of alkyl halides is 3. The van der Waals surface area contributed by atoms with Crippen molar-refractivity contribution >= 4 is 56.2 Å². The summed E-state index contributed by atoms with van der Waals surface area (Å²) in [6, 6.07) is 30.8. The second-order valence-corrected chi connectivity index (χ2v) is 13.7. The molecule has 0 aromatic heterocycles. The SMILES string of the molecule is [C-]#[N+]C1=C(c2ccc(C)cc2)/C(=C(/C#N)c2ccc([N+]#[C-])c([N+]#[C-])c2)c2c(C#N)c3c(c(C#N)c21)C(C#N)=C(c1ccc(C(F)(F)F)cc1)/C3=C(/[N+]#[C-])c1ccc(C#N)c(C#N)c1. The number of fused-ring (bicyclic) bond motifs is 2. The number of aryl methyl sites for hydroxylation is 1. The molecule has 0 bridgehead atoms. The van der Waals surface area contributed by atoms with Crippen molar-refractivity contribution in [3.8, 4) is 36.4 Å². The topological polar surface area (TPSA) is 160 Å². The lowest BCUT2D eigenvalue weighted by Crippen LogP contribution is -2.05. The van der Waals surface area contributed by atoms with E-state index in [1.165, 1.54) is 36.4 Å². The van der Waals surface area contributed by atoms with Crippen molar-refractivity contribution in [2.75, 3.05) is 0 Å². The summed E-state index contributed by atoms with van der Waals surface area (Å²) < 4.78 is 41.6. The van der Waals surface area contributed by atoms with Crippen LogP contribution in [0, 0.1) is 101 Å². The summed E-state index contributed by atoms with van der Waals surface area (Å²) in [7, 11) is 0. The third-order valence-electron chi connectivity index (χ3n) is 10.5. The molecule has 63 heavy (non-hydrogen) atoms. The van der Waals surface area contributed by atoms with Gasteiger partial charge in [-0.05, 0) is 81.3 Å². The Morgan fingerprint density at radius 3 is 1.68 bits per heavy atom. The molecule has 5 aromatic carbocycles. The maximum atomic E-state index is 13.9. The molecule has 0 radical (unpaired) electrons. The Labute approximate surface area is 357 Å². The van der Waals surface area contributed by atoms with Crippen LogP contribution in [-0.4, -0.2) is 0 Å². The molecule has 0 saturated heterocycles. The molecule has 0 spiro atoms. The van der Waals surface area contributed by atoms with Gasteiger partial charge in [0.25, 0.3) is 0 Å². The highest BCUT2D eigenvalue weighted by Crippen LogP contribution is 2.60. The molecule has 7 rings (SSSR count). The Kier molecular flexibility index (Phi) is 10.3. The van der Waals surface area contributed by atoms with Crippen molar-refractivity contribution in [3.63, 3.8) is 0 Å². The van der Waals surface area contributed by atoms with E-state index in [2.05, 4.69) is 43.7 Å². The van der Waals surface area contributed by atoms with Crippen LogP contribution in [-0.2, 0) is 6.18 Å². The van der Waals surface area contributed by atoms with Gasteiger partial charge in [-0.25, -0.2) is 9.69 Å². The average Bonchev–Trinajstić information content (AvgIpc) is 3.81. The van der Waals surface area contributed by atoms with Crippen molar-refractivity contribution in [2.45, 2.75) is 13.1 Å². The molecule has 0 aliphatic heterocycles. The normalized spacial score (nSPS) is 13.8. The largest absolute Gasteiger partial charge is 0.416 e. The van der Waals surface area contributed by atoms with Crippen LogP contribution in [0.2, 0.25) is 0 Å². The van der Waals surface area contributed by atoms with Gasteiger partial charge in [-0.3, -0.25) is 9.69 Å². The van der Waals surface area contributed by atoms with Gasteiger partial charge < -0.3 is 0 Å². The first kappa shape index (κ1) is 40.9. The molecular formula is C50H17F3N10. The monoisotopic (exact) mass is 814 g/mol. The number of nitrogens with zero attached hydrogens (tertiary/aromatic N) is 10. The second kappa shape index (κ2) is 15.8. The molecule has 5 aromatic rings. The molecule has 2 aliphatic carbocycles. The number of benzene rings is 5. The highest BCUT2D eigenvalue weighted by Gasteiger charge is 2.44. The maximum absolute atomic E-state index is 13.9. The number of nitriles is 6. The Morgan fingerprint density at radius 1 is 0.556 bits per heavy atom. The molecule has 0 atom stereocenters. The highest BCUT2D eigenvalue weighted by molar-refractivity contribution is 6.35. The molecule has 0 heterocycles. The summed E-state index contributed by atoms with van der Waals surface area (Å²) in [4.78, 5) is 14.5. The number of rotatable bonds is 4. The molecule has 0 unspecified atom stereocenters. The molecule has 0 fully saturated rings. The zero-order valence-electron chi connectivity index (χ0n) is 32.2. The van der Waals surface area contributed by atoms with Gasteiger partial charge in [-0.1, -0.05) is 66.2 Å². The summed E-state index contributed by atoms with van der Waals surface area (Å²) in [5, 5.41) is 64.3. The summed E-state index contributed by atoms with van der Waals surface area (Å²) in [6.45, 7) is 34.2. The predicted molar refractivity (Wildman–Crippen MR) is 225 cm³/mol. The minimum atomic E-state index is -4.76. The van der Waals surface area contributed by atoms with Gasteiger partial charge in [0.05, 0.1) is 71.3 Å². The lowest BCUT2D eigenvalue weighted by atomic mass is 9.81. The fourth-order valence-electron chi connectivity index (χ4n) is 7.80. The van der Waals surface area contributed by atoms with E-state index in [0.29, 0.717) is 5.56 Å².